The lowest BCUT2D eigenvalue weighted by Gasteiger charge is -2.26. The molecule has 0 saturated heterocycles. The molecule has 0 fully saturated rings. The maximum atomic E-state index is 13.5. The Morgan fingerprint density at radius 2 is 1.71 bits per heavy atom. The second-order valence-electron chi connectivity index (χ2n) is 8.01. The molecule has 182 valence electrons. The molecule has 0 unspecified atom stereocenters. The average molecular weight is 492 g/mol. The minimum absolute atomic E-state index is 0.110. The molecule has 0 spiro atoms. The van der Waals surface area contributed by atoms with Gasteiger partial charge in [-0.25, -0.2) is 13.8 Å². The van der Waals surface area contributed by atoms with Gasteiger partial charge in [-0.15, -0.1) is 0 Å². The fourth-order valence-electron chi connectivity index (χ4n) is 3.29. The number of amides is 1. The lowest BCUT2D eigenvalue weighted by molar-refractivity contribution is -0.119. The molecule has 7 nitrogen and oxygen atoms in total. The molecule has 0 aliphatic heterocycles. The number of aryl methyl sites for hydroxylation is 2. The van der Waals surface area contributed by atoms with Gasteiger partial charge in [-0.05, 0) is 79.9 Å². The topological polar surface area (TPSA) is 88.1 Å². The van der Waals surface area contributed by atoms with E-state index >= 15 is 0 Å². The first-order valence-corrected chi connectivity index (χ1v) is 12.5. The minimum atomic E-state index is -4.00. The second kappa shape index (κ2) is 11.5. The van der Waals surface area contributed by atoms with E-state index in [0.717, 1.165) is 26.6 Å². The number of ether oxygens (including phenoxy) is 1. The van der Waals surface area contributed by atoms with Gasteiger partial charge in [-0.2, -0.15) is 5.10 Å². The summed E-state index contributed by atoms with van der Waals surface area (Å²) in [6.07, 6.45) is 3.14. The van der Waals surface area contributed by atoms with Gasteiger partial charge in [0.05, 0.1) is 16.8 Å². The van der Waals surface area contributed by atoms with Crippen LogP contribution in [0, 0.1) is 20.8 Å². The first-order chi connectivity index (χ1) is 16.7. The quantitative estimate of drug-likeness (QED) is 0.257. The van der Waals surface area contributed by atoms with Crippen molar-refractivity contribution in [2.24, 2.45) is 5.10 Å². The predicted molar refractivity (Wildman–Crippen MR) is 139 cm³/mol. The Kier molecular flexibility index (Phi) is 8.43. The number of rotatable bonds is 10. The molecule has 0 atom stereocenters. The normalized spacial score (nSPS) is 11.3. The molecule has 0 bridgehead atoms. The number of nitrogens with zero attached hydrogens (tertiary/aromatic N) is 2. The molecule has 0 aliphatic rings. The smallest absolute Gasteiger partial charge is 0.264 e. The molecule has 0 radical (unpaired) electrons. The lowest BCUT2D eigenvalue weighted by atomic mass is 10.1. The zero-order chi connectivity index (χ0) is 25.4. The van der Waals surface area contributed by atoms with Crippen LogP contribution in [-0.2, 0) is 14.8 Å². The maximum Gasteiger partial charge on any atom is 0.264 e. The minimum Gasteiger partial charge on any atom is -0.490 e. The van der Waals surface area contributed by atoms with Crippen LogP contribution in [0.15, 0.2) is 89.4 Å². The third kappa shape index (κ3) is 6.58. The van der Waals surface area contributed by atoms with Gasteiger partial charge in [0.15, 0.2) is 0 Å². The van der Waals surface area contributed by atoms with E-state index < -0.39 is 22.5 Å². The molecule has 0 aromatic heterocycles. The van der Waals surface area contributed by atoms with Crippen molar-refractivity contribution in [2.75, 3.05) is 17.5 Å². The molecule has 0 heterocycles. The highest BCUT2D eigenvalue weighted by Crippen LogP contribution is 2.28. The first kappa shape index (κ1) is 25.7. The number of sulfonamides is 1. The van der Waals surface area contributed by atoms with Gasteiger partial charge in [0.25, 0.3) is 15.9 Å². The number of anilines is 1. The number of benzene rings is 3. The maximum absolute atomic E-state index is 13.5. The Balaban J connectivity index is 1.80. The van der Waals surface area contributed by atoms with Crippen molar-refractivity contribution in [3.05, 3.63) is 102 Å². The fraction of sp³-hybridized carbons (Fsp3) is 0.185. The number of hydrogen-bond donors (Lipinski definition) is 1. The van der Waals surface area contributed by atoms with Crippen molar-refractivity contribution in [2.45, 2.75) is 25.7 Å². The Morgan fingerprint density at radius 3 is 2.37 bits per heavy atom. The van der Waals surface area contributed by atoms with E-state index in [1.165, 1.54) is 6.21 Å². The van der Waals surface area contributed by atoms with Crippen LogP contribution >= 0.6 is 0 Å². The Bertz CT molecular complexity index is 1320. The van der Waals surface area contributed by atoms with E-state index in [1.807, 2.05) is 26.8 Å². The van der Waals surface area contributed by atoms with Crippen molar-refractivity contribution in [1.29, 1.82) is 0 Å². The molecular formula is C27H29N3O4S. The molecule has 1 amide bonds. The second-order valence-corrected chi connectivity index (χ2v) is 9.87. The predicted octanol–water partition coefficient (Wildman–Crippen LogP) is 4.52. The van der Waals surface area contributed by atoms with E-state index in [-0.39, 0.29) is 4.90 Å². The zero-order valence-corrected chi connectivity index (χ0v) is 20.9. The molecular weight excluding hydrogens is 462 g/mol. The highest BCUT2D eigenvalue weighted by Gasteiger charge is 2.28. The Morgan fingerprint density at radius 1 is 1.03 bits per heavy atom. The van der Waals surface area contributed by atoms with Gasteiger partial charge < -0.3 is 4.74 Å². The van der Waals surface area contributed by atoms with Crippen LogP contribution in [0.3, 0.4) is 0 Å². The molecule has 3 rings (SSSR count). The van der Waals surface area contributed by atoms with E-state index in [2.05, 4.69) is 17.1 Å². The van der Waals surface area contributed by atoms with Crippen molar-refractivity contribution >= 4 is 27.8 Å². The van der Waals surface area contributed by atoms with Gasteiger partial charge in [0, 0.05) is 0 Å². The summed E-state index contributed by atoms with van der Waals surface area (Å²) < 4.78 is 33.6. The molecule has 0 saturated carbocycles. The SMILES string of the molecule is C=CCOc1ccc(/C=N\NC(=O)CN(c2cccc(C)c2C)S(=O)(=O)c2ccc(C)cc2)cc1. The summed E-state index contributed by atoms with van der Waals surface area (Å²) >= 11 is 0. The van der Waals surface area contributed by atoms with E-state index in [4.69, 9.17) is 4.74 Å². The first-order valence-electron chi connectivity index (χ1n) is 11.0. The van der Waals surface area contributed by atoms with Crippen LogP contribution < -0.4 is 14.5 Å². The summed E-state index contributed by atoms with van der Waals surface area (Å²) in [5, 5.41) is 3.98. The van der Waals surface area contributed by atoms with Crippen LogP contribution in [0.25, 0.3) is 0 Å². The summed E-state index contributed by atoms with van der Waals surface area (Å²) in [4.78, 5) is 12.9. The summed E-state index contributed by atoms with van der Waals surface area (Å²) in [5.74, 6) is 0.125. The van der Waals surface area contributed by atoms with Crippen molar-refractivity contribution < 1.29 is 17.9 Å². The van der Waals surface area contributed by atoms with Crippen molar-refractivity contribution in [3.63, 3.8) is 0 Å². The summed E-state index contributed by atoms with van der Waals surface area (Å²) in [6, 6.07) is 19.0. The monoisotopic (exact) mass is 491 g/mol. The van der Waals surface area contributed by atoms with E-state index in [9.17, 15) is 13.2 Å². The summed E-state index contributed by atoms with van der Waals surface area (Å²) in [7, 11) is -4.00. The van der Waals surface area contributed by atoms with Gasteiger partial charge >= 0.3 is 0 Å². The molecule has 35 heavy (non-hydrogen) atoms. The summed E-state index contributed by atoms with van der Waals surface area (Å²) in [5.41, 5.74) is 6.25. The largest absolute Gasteiger partial charge is 0.490 e. The fourth-order valence-corrected chi connectivity index (χ4v) is 4.77. The number of carbonyl (C=O) groups excluding carboxylic acids is 1. The van der Waals surface area contributed by atoms with Gasteiger partial charge in [0.1, 0.15) is 18.9 Å². The number of nitrogens with one attached hydrogen (secondary N) is 1. The molecule has 8 heteroatoms. The molecule has 1 N–H and O–H groups in total. The third-order valence-corrected chi connectivity index (χ3v) is 7.17. The summed E-state index contributed by atoms with van der Waals surface area (Å²) in [6.45, 7) is 9.20. The highest BCUT2D eigenvalue weighted by atomic mass is 32.2. The Labute approximate surface area is 206 Å². The van der Waals surface area contributed by atoms with Gasteiger partial charge in [0.2, 0.25) is 0 Å². The van der Waals surface area contributed by atoms with Gasteiger partial charge in [-0.3, -0.25) is 9.10 Å². The van der Waals surface area contributed by atoms with Crippen LogP contribution in [0.5, 0.6) is 5.75 Å². The van der Waals surface area contributed by atoms with Gasteiger partial charge in [-0.1, -0.05) is 42.5 Å². The van der Waals surface area contributed by atoms with Crippen LogP contribution in [0.1, 0.15) is 22.3 Å². The lowest BCUT2D eigenvalue weighted by Crippen LogP contribution is -2.40. The van der Waals surface area contributed by atoms with E-state index in [1.54, 1.807) is 66.7 Å². The molecule has 3 aromatic rings. The highest BCUT2D eigenvalue weighted by molar-refractivity contribution is 7.92. The van der Waals surface area contributed by atoms with Crippen LogP contribution in [0.2, 0.25) is 0 Å². The molecule has 3 aromatic carbocycles. The Hall–Kier alpha value is -3.91. The number of hydrazone groups is 1. The van der Waals surface area contributed by atoms with Crippen molar-refractivity contribution in [1.82, 2.24) is 5.43 Å². The van der Waals surface area contributed by atoms with Crippen molar-refractivity contribution in [3.8, 4) is 5.75 Å². The molecule has 0 aliphatic carbocycles. The number of hydrogen-bond acceptors (Lipinski definition) is 5. The standard InChI is InChI=1S/C27H29N3O4S/c1-5-17-34-24-13-11-23(12-14-24)18-28-29-27(31)19-30(26-8-6-7-21(3)22(26)4)35(32,33)25-15-9-20(2)10-16-25/h5-16,18H,1,17,19H2,2-4H3,(H,29,31)/b28-18-. The van der Waals surface area contributed by atoms with Crippen LogP contribution in [-0.4, -0.2) is 33.7 Å². The average Bonchev–Trinajstić information content (AvgIpc) is 2.84. The zero-order valence-electron chi connectivity index (χ0n) is 20.1. The van der Waals surface area contributed by atoms with E-state index in [0.29, 0.717) is 18.0 Å². The van der Waals surface area contributed by atoms with Crippen LogP contribution in [0.4, 0.5) is 5.69 Å². The third-order valence-electron chi connectivity index (χ3n) is 5.39. The number of carbonyl (C=O) groups is 1.